The van der Waals surface area contributed by atoms with Crippen molar-refractivity contribution in [3.8, 4) is 23.1 Å². The summed E-state index contributed by atoms with van der Waals surface area (Å²) in [5, 5.41) is 16.5. The third-order valence-electron chi connectivity index (χ3n) is 3.86. The minimum atomic E-state index is -0.458. The molecule has 2 aromatic carbocycles. The number of carbonyl (C=O) groups excluding carboxylic acids is 1. The molecule has 1 amide bonds. The highest BCUT2D eigenvalue weighted by Crippen LogP contribution is 2.21. The number of halogens is 1. The zero-order valence-corrected chi connectivity index (χ0v) is 15.6. The van der Waals surface area contributed by atoms with E-state index >= 15 is 0 Å². The molecule has 3 aromatic rings. The van der Waals surface area contributed by atoms with Crippen molar-refractivity contribution in [1.29, 1.82) is 5.26 Å². The molecule has 1 aromatic heterocycles. The van der Waals surface area contributed by atoms with Crippen molar-refractivity contribution in [3.63, 3.8) is 0 Å². The number of nitrogens with one attached hydrogen (secondary N) is 1. The maximum absolute atomic E-state index is 12.4. The summed E-state index contributed by atoms with van der Waals surface area (Å²) in [4.78, 5) is 24.5. The highest BCUT2D eigenvalue weighted by molar-refractivity contribution is 6.30. The van der Waals surface area contributed by atoms with E-state index in [1.165, 1.54) is 19.2 Å². The van der Waals surface area contributed by atoms with Crippen LogP contribution in [0.15, 0.2) is 59.4 Å². The van der Waals surface area contributed by atoms with E-state index in [9.17, 15) is 9.59 Å². The molecule has 3 rings (SSSR count). The van der Waals surface area contributed by atoms with Crippen LogP contribution in [0, 0.1) is 11.3 Å². The lowest BCUT2D eigenvalue weighted by molar-refractivity contribution is -0.117. The second kappa shape index (κ2) is 8.37. The van der Waals surface area contributed by atoms with Crippen LogP contribution in [0.1, 0.15) is 5.56 Å². The molecule has 0 atom stereocenters. The van der Waals surface area contributed by atoms with Gasteiger partial charge in [-0.15, -0.1) is 0 Å². The molecule has 28 heavy (non-hydrogen) atoms. The Bertz CT molecular complexity index is 1120. The van der Waals surface area contributed by atoms with Gasteiger partial charge in [0.1, 0.15) is 12.3 Å². The number of nitriles is 1. The molecule has 0 bridgehead atoms. The fourth-order valence-electron chi connectivity index (χ4n) is 2.53. The summed E-state index contributed by atoms with van der Waals surface area (Å²) in [6, 6.07) is 16.6. The molecule has 0 unspecified atom stereocenters. The van der Waals surface area contributed by atoms with Crippen molar-refractivity contribution in [1.82, 2.24) is 9.78 Å². The smallest absolute Gasteiger partial charge is 0.267 e. The van der Waals surface area contributed by atoms with E-state index in [4.69, 9.17) is 21.6 Å². The molecule has 1 N–H and O–H groups in total. The Balaban J connectivity index is 1.81. The largest absolute Gasteiger partial charge is 0.497 e. The molecule has 0 aliphatic rings. The molecule has 0 fully saturated rings. The van der Waals surface area contributed by atoms with Gasteiger partial charge in [-0.2, -0.15) is 10.4 Å². The van der Waals surface area contributed by atoms with Gasteiger partial charge in [0.05, 0.1) is 24.4 Å². The normalized spacial score (nSPS) is 10.2. The first-order valence-corrected chi connectivity index (χ1v) is 8.59. The number of hydrogen-bond acceptors (Lipinski definition) is 5. The number of ether oxygens (including phenoxy) is 1. The molecule has 0 saturated heterocycles. The molecule has 0 aliphatic heterocycles. The summed E-state index contributed by atoms with van der Waals surface area (Å²) in [7, 11) is 1.47. The number of anilines is 1. The first kappa shape index (κ1) is 19.1. The number of aromatic nitrogens is 2. The average Bonchev–Trinajstić information content (AvgIpc) is 2.70. The zero-order valence-electron chi connectivity index (χ0n) is 14.8. The molecule has 8 heteroatoms. The first-order chi connectivity index (χ1) is 13.5. The molecule has 0 spiro atoms. The lowest BCUT2D eigenvalue weighted by Crippen LogP contribution is -2.29. The van der Waals surface area contributed by atoms with E-state index in [2.05, 4.69) is 10.4 Å². The van der Waals surface area contributed by atoms with Crippen LogP contribution in [-0.4, -0.2) is 22.8 Å². The number of carbonyl (C=O) groups is 1. The van der Waals surface area contributed by atoms with Crippen molar-refractivity contribution in [3.05, 3.63) is 75.5 Å². The lowest BCUT2D eigenvalue weighted by atomic mass is 10.1. The lowest BCUT2D eigenvalue weighted by Gasteiger charge is -2.10. The predicted octanol–water partition coefficient (Wildman–Crippen LogP) is 3.08. The summed E-state index contributed by atoms with van der Waals surface area (Å²) >= 11 is 5.89. The van der Waals surface area contributed by atoms with Gasteiger partial charge in [-0.25, -0.2) is 4.68 Å². The van der Waals surface area contributed by atoms with Gasteiger partial charge in [0.2, 0.25) is 5.91 Å². The van der Waals surface area contributed by atoms with Gasteiger partial charge in [-0.1, -0.05) is 23.7 Å². The summed E-state index contributed by atoms with van der Waals surface area (Å²) < 4.78 is 6.18. The molecular formula is C20H15ClN4O3. The Labute approximate surface area is 165 Å². The Kier molecular flexibility index (Phi) is 5.72. The summed E-state index contributed by atoms with van der Waals surface area (Å²) in [5.41, 5.74) is 1.64. The van der Waals surface area contributed by atoms with Crippen LogP contribution < -0.4 is 15.6 Å². The van der Waals surface area contributed by atoms with Gasteiger partial charge in [-0.3, -0.25) is 9.59 Å². The van der Waals surface area contributed by atoms with Gasteiger partial charge < -0.3 is 10.1 Å². The van der Waals surface area contributed by atoms with Gasteiger partial charge >= 0.3 is 0 Å². The average molecular weight is 395 g/mol. The van der Waals surface area contributed by atoms with Crippen molar-refractivity contribution in [2.24, 2.45) is 0 Å². The predicted molar refractivity (Wildman–Crippen MR) is 105 cm³/mol. The van der Waals surface area contributed by atoms with Gasteiger partial charge in [0, 0.05) is 28.4 Å². The molecule has 0 radical (unpaired) electrons. The van der Waals surface area contributed by atoms with Gasteiger partial charge in [0.25, 0.3) is 5.56 Å². The molecule has 7 nitrogen and oxygen atoms in total. The van der Waals surface area contributed by atoms with Crippen molar-refractivity contribution in [2.75, 3.05) is 12.4 Å². The Morgan fingerprint density at radius 3 is 2.64 bits per heavy atom. The minimum Gasteiger partial charge on any atom is -0.497 e. The highest BCUT2D eigenvalue weighted by Gasteiger charge is 2.10. The van der Waals surface area contributed by atoms with Crippen LogP contribution in [0.3, 0.4) is 0 Å². The monoisotopic (exact) mass is 394 g/mol. The highest BCUT2D eigenvalue weighted by atomic mass is 35.5. The fourth-order valence-corrected chi connectivity index (χ4v) is 2.65. The van der Waals surface area contributed by atoms with E-state index in [1.807, 2.05) is 6.07 Å². The summed E-state index contributed by atoms with van der Waals surface area (Å²) in [6.07, 6.45) is 0. The zero-order chi connectivity index (χ0) is 20.1. The van der Waals surface area contributed by atoms with E-state index in [-0.39, 0.29) is 6.54 Å². The number of benzene rings is 2. The van der Waals surface area contributed by atoms with Crippen molar-refractivity contribution >= 4 is 23.2 Å². The standard InChI is InChI=1S/C20H15ClN4O3/c1-28-17-9-13(11-22)8-16(10-17)23-19(26)12-25-20(27)7-6-18(24-25)14-2-4-15(21)5-3-14/h2-10H,12H2,1H3,(H,23,26). The van der Waals surface area contributed by atoms with Crippen LogP contribution in [0.5, 0.6) is 5.75 Å². The Morgan fingerprint density at radius 1 is 1.21 bits per heavy atom. The third kappa shape index (κ3) is 4.55. The molecule has 0 aliphatic carbocycles. The van der Waals surface area contributed by atoms with Crippen molar-refractivity contribution in [2.45, 2.75) is 6.54 Å². The Morgan fingerprint density at radius 2 is 1.96 bits per heavy atom. The summed E-state index contributed by atoms with van der Waals surface area (Å²) in [6.45, 7) is -0.278. The van der Waals surface area contributed by atoms with Crippen LogP contribution in [0.25, 0.3) is 11.3 Å². The van der Waals surface area contributed by atoms with E-state index in [1.54, 1.807) is 42.5 Å². The number of methoxy groups -OCH3 is 1. The maximum atomic E-state index is 12.4. The molecule has 1 heterocycles. The number of hydrogen-bond donors (Lipinski definition) is 1. The van der Waals surface area contributed by atoms with Crippen LogP contribution in [-0.2, 0) is 11.3 Å². The first-order valence-electron chi connectivity index (χ1n) is 8.21. The van der Waals surface area contributed by atoms with Crippen LogP contribution in [0.4, 0.5) is 5.69 Å². The number of amides is 1. The second-order valence-corrected chi connectivity index (χ2v) is 6.27. The van der Waals surface area contributed by atoms with Crippen LogP contribution in [0.2, 0.25) is 5.02 Å². The van der Waals surface area contributed by atoms with Crippen molar-refractivity contribution < 1.29 is 9.53 Å². The topological polar surface area (TPSA) is 97.0 Å². The molecule has 0 saturated carbocycles. The van der Waals surface area contributed by atoms with Gasteiger partial charge in [-0.05, 0) is 30.3 Å². The molecular weight excluding hydrogens is 380 g/mol. The third-order valence-corrected chi connectivity index (χ3v) is 4.11. The maximum Gasteiger partial charge on any atom is 0.267 e. The Hall–Kier alpha value is -3.63. The van der Waals surface area contributed by atoms with E-state index in [0.717, 1.165) is 10.2 Å². The fraction of sp³-hybridized carbons (Fsp3) is 0.100. The van der Waals surface area contributed by atoms with E-state index in [0.29, 0.717) is 27.7 Å². The summed E-state index contributed by atoms with van der Waals surface area (Å²) in [5.74, 6) is -0.0191. The minimum absolute atomic E-state index is 0.278. The second-order valence-electron chi connectivity index (χ2n) is 5.83. The number of nitrogens with zero attached hydrogens (tertiary/aromatic N) is 3. The quantitative estimate of drug-likeness (QED) is 0.717. The molecule has 140 valence electrons. The number of rotatable bonds is 5. The van der Waals surface area contributed by atoms with Gasteiger partial charge in [0.15, 0.2) is 0 Å². The van der Waals surface area contributed by atoms with Crippen LogP contribution >= 0.6 is 11.6 Å². The SMILES string of the molecule is COc1cc(C#N)cc(NC(=O)Cn2nc(-c3ccc(Cl)cc3)ccc2=O)c1. The van der Waals surface area contributed by atoms with E-state index < -0.39 is 11.5 Å².